The summed E-state index contributed by atoms with van der Waals surface area (Å²) in [6.07, 6.45) is 2.22. The molecule has 1 aromatic heterocycles. The fourth-order valence-corrected chi connectivity index (χ4v) is 4.57. The Morgan fingerprint density at radius 3 is 2.68 bits per heavy atom. The van der Waals surface area contributed by atoms with Crippen LogP contribution in [0.25, 0.3) is 0 Å². The first-order valence-electron chi connectivity index (χ1n) is 9.87. The van der Waals surface area contributed by atoms with Crippen molar-refractivity contribution < 1.29 is 9.72 Å². The summed E-state index contributed by atoms with van der Waals surface area (Å²) < 4.78 is 2.05. The second-order valence-electron chi connectivity index (χ2n) is 7.18. The summed E-state index contributed by atoms with van der Waals surface area (Å²) >= 11 is 7.20. The molecule has 1 amide bonds. The second-order valence-corrected chi connectivity index (χ2v) is 8.66. The number of anilines is 1. The number of amides is 1. The van der Waals surface area contributed by atoms with Crippen LogP contribution in [-0.2, 0) is 11.3 Å². The van der Waals surface area contributed by atoms with Crippen molar-refractivity contribution in [3.8, 4) is 0 Å². The quantitative estimate of drug-likeness (QED) is 0.283. The Bertz CT molecular complexity index is 1120. The van der Waals surface area contributed by atoms with Gasteiger partial charge in [0.1, 0.15) is 16.1 Å². The predicted molar refractivity (Wildman–Crippen MR) is 119 cm³/mol. The molecule has 3 aromatic rings. The summed E-state index contributed by atoms with van der Waals surface area (Å²) in [5.74, 6) is 1.09. The van der Waals surface area contributed by atoms with Crippen molar-refractivity contribution in [2.75, 3.05) is 5.32 Å². The Balaban J connectivity index is 1.62. The van der Waals surface area contributed by atoms with E-state index < -0.39 is 10.2 Å². The van der Waals surface area contributed by atoms with Crippen molar-refractivity contribution in [3.63, 3.8) is 0 Å². The SMILES string of the molecule is CCn1c(SC(C(=O)Nc2ccc(Cl)c([N+](=O)[O-])c2)c2ccccc2)nnc1C1CC1. The van der Waals surface area contributed by atoms with Crippen LogP contribution in [0.3, 0.4) is 0 Å². The Morgan fingerprint density at radius 2 is 2.03 bits per heavy atom. The molecule has 8 nitrogen and oxygen atoms in total. The van der Waals surface area contributed by atoms with Crippen molar-refractivity contribution in [2.45, 2.75) is 42.6 Å². The van der Waals surface area contributed by atoms with E-state index in [0.717, 1.165) is 24.2 Å². The topological polar surface area (TPSA) is 103 Å². The Kier molecular flexibility index (Phi) is 6.24. The highest BCUT2D eigenvalue weighted by molar-refractivity contribution is 8.00. The molecule has 10 heteroatoms. The van der Waals surface area contributed by atoms with Gasteiger partial charge in [0.05, 0.1) is 4.92 Å². The molecular weight excluding hydrogens is 438 g/mol. The zero-order valence-corrected chi connectivity index (χ0v) is 18.3. The zero-order chi connectivity index (χ0) is 22.0. The first-order valence-corrected chi connectivity index (χ1v) is 11.1. The van der Waals surface area contributed by atoms with E-state index in [2.05, 4.69) is 20.1 Å². The molecule has 0 saturated heterocycles. The average molecular weight is 458 g/mol. The van der Waals surface area contributed by atoms with E-state index in [1.165, 1.54) is 23.9 Å². The summed E-state index contributed by atoms with van der Waals surface area (Å²) in [6, 6.07) is 13.5. The van der Waals surface area contributed by atoms with Crippen LogP contribution in [0.1, 0.15) is 42.3 Å². The molecule has 31 heavy (non-hydrogen) atoms. The number of thioether (sulfide) groups is 1. The fraction of sp³-hybridized carbons (Fsp3) is 0.286. The molecule has 160 valence electrons. The van der Waals surface area contributed by atoms with Crippen LogP contribution in [0.4, 0.5) is 11.4 Å². The predicted octanol–water partition coefficient (Wildman–Crippen LogP) is 5.21. The smallest absolute Gasteiger partial charge is 0.289 e. The average Bonchev–Trinajstić information content (AvgIpc) is 3.53. The zero-order valence-electron chi connectivity index (χ0n) is 16.7. The number of hydrogen-bond donors (Lipinski definition) is 1. The maximum Gasteiger partial charge on any atom is 0.289 e. The van der Waals surface area contributed by atoms with E-state index in [1.807, 2.05) is 37.3 Å². The van der Waals surface area contributed by atoms with Crippen molar-refractivity contribution in [1.29, 1.82) is 0 Å². The molecule has 4 rings (SSSR count). The summed E-state index contributed by atoms with van der Waals surface area (Å²) in [7, 11) is 0. The number of halogens is 1. The van der Waals surface area contributed by atoms with Crippen molar-refractivity contribution in [1.82, 2.24) is 14.8 Å². The summed E-state index contributed by atoms with van der Waals surface area (Å²) in [5.41, 5.74) is 0.841. The first kappa shape index (κ1) is 21.3. The van der Waals surface area contributed by atoms with Crippen molar-refractivity contribution in [3.05, 3.63) is 75.1 Å². The van der Waals surface area contributed by atoms with Gasteiger partial charge < -0.3 is 9.88 Å². The van der Waals surface area contributed by atoms with E-state index in [1.54, 1.807) is 6.07 Å². The van der Waals surface area contributed by atoms with E-state index in [4.69, 9.17) is 11.6 Å². The second kappa shape index (κ2) is 9.07. The van der Waals surface area contributed by atoms with E-state index >= 15 is 0 Å². The van der Waals surface area contributed by atoms with Gasteiger partial charge in [0.2, 0.25) is 5.91 Å². The lowest BCUT2D eigenvalue weighted by atomic mass is 10.1. The number of aromatic nitrogens is 3. The Hall–Kier alpha value is -2.91. The Morgan fingerprint density at radius 1 is 1.29 bits per heavy atom. The van der Waals surface area contributed by atoms with Gasteiger partial charge in [0, 0.05) is 24.2 Å². The molecule has 1 aliphatic rings. The van der Waals surface area contributed by atoms with E-state index in [9.17, 15) is 14.9 Å². The number of nitrogens with zero attached hydrogens (tertiary/aromatic N) is 4. The van der Waals surface area contributed by atoms with E-state index in [-0.39, 0.29) is 16.6 Å². The highest BCUT2D eigenvalue weighted by Crippen LogP contribution is 2.42. The van der Waals surface area contributed by atoms with E-state index in [0.29, 0.717) is 23.3 Å². The lowest BCUT2D eigenvalue weighted by molar-refractivity contribution is -0.384. The molecule has 1 saturated carbocycles. The molecule has 0 spiro atoms. The third-order valence-corrected chi connectivity index (χ3v) is 6.53. The van der Waals surface area contributed by atoms with Crippen LogP contribution in [-0.4, -0.2) is 25.6 Å². The summed E-state index contributed by atoms with van der Waals surface area (Å²) in [5, 5.41) is 22.7. The first-order chi connectivity index (χ1) is 15.0. The molecule has 1 unspecified atom stereocenters. The van der Waals surface area contributed by atoms with Crippen LogP contribution in [0.15, 0.2) is 53.7 Å². The molecule has 1 fully saturated rings. The number of nitro groups is 1. The monoisotopic (exact) mass is 457 g/mol. The number of benzene rings is 2. The number of carbonyl (C=O) groups excluding carboxylic acids is 1. The van der Waals surface area contributed by atoms with Gasteiger partial charge in [-0.1, -0.05) is 53.7 Å². The van der Waals surface area contributed by atoms with Crippen LogP contribution < -0.4 is 5.32 Å². The molecule has 0 bridgehead atoms. The summed E-state index contributed by atoms with van der Waals surface area (Å²) in [6.45, 7) is 2.75. The number of nitro benzene ring substituents is 1. The number of hydrogen-bond acceptors (Lipinski definition) is 6. The Labute approximate surface area is 188 Å². The van der Waals surface area contributed by atoms with Crippen LogP contribution in [0.5, 0.6) is 0 Å². The van der Waals surface area contributed by atoms with Crippen molar-refractivity contribution >= 4 is 40.6 Å². The standard InChI is InChI=1S/C21H20ClN5O3S/c1-2-26-19(14-8-9-14)24-25-21(26)31-18(13-6-4-3-5-7-13)20(28)23-15-10-11-16(22)17(12-15)27(29)30/h3-7,10-12,14,18H,2,8-9H2,1H3,(H,23,28). The maximum absolute atomic E-state index is 13.2. The van der Waals surface area contributed by atoms with Gasteiger partial charge in [0.25, 0.3) is 5.69 Å². The molecule has 2 aromatic carbocycles. The van der Waals surface area contributed by atoms with Gasteiger partial charge in [-0.25, -0.2) is 0 Å². The normalized spacial score (nSPS) is 14.3. The number of carbonyl (C=O) groups is 1. The number of nitrogens with one attached hydrogen (secondary N) is 1. The lowest BCUT2D eigenvalue weighted by Crippen LogP contribution is -2.19. The molecule has 1 aliphatic carbocycles. The fourth-order valence-electron chi connectivity index (χ4n) is 3.27. The highest BCUT2D eigenvalue weighted by Gasteiger charge is 2.32. The van der Waals surface area contributed by atoms with Gasteiger partial charge in [0.15, 0.2) is 5.16 Å². The third-order valence-electron chi connectivity index (χ3n) is 4.98. The lowest BCUT2D eigenvalue weighted by Gasteiger charge is -2.17. The van der Waals surface area contributed by atoms with Gasteiger partial charge in [-0.3, -0.25) is 14.9 Å². The minimum absolute atomic E-state index is 0.0145. The van der Waals surface area contributed by atoms with Crippen molar-refractivity contribution in [2.24, 2.45) is 0 Å². The van der Waals surface area contributed by atoms with Crippen LogP contribution in [0.2, 0.25) is 5.02 Å². The molecule has 1 N–H and O–H groups in total. The summed E-state index contributed by atoms with van der Waals surface area (Å²) in [4.78, 5) is 23.8. The van der Waals surface area contributed by atoms with Gasteiger partial charge in [-0.05, 0) is 37.5 Å². The van der Waals surface area contributed by atoms with Crippen LogP contribution in [0, 0.1) is 10.1 Å². The molecule has 1 atom stereocenters. The van der Waals surface area contributed by atoms with Gasteiger partial charge >= 0.3 is 0 Å². The molecule has 0 radical (unpaired) electrons. The largest absolute Gasteiger partial charge is 0.325 e. The number of rotatable bonds is 8. The minimum Gasteiger partial charge on any atom is -0.325 e. The van der Waals surface area contributed by atoms with Gasteiger partial charge in [-0.15, -0.1) is 10.2 Å². The van der Waals surface area contributed by atoms with Crippen LogP contribution >= 0.6 is 23.4 Å². The minimum atomic E-state index is -0.613. The van der Waals surface area contributed by atoms with Gasteiger partial charge in [-0.2, -0.15) is 0 Å². The highest BCUT2D eigenvalue weighted by atomic mass is 35.5. The third kappa shape index (κ3) is 4.72. The molecule has 0 aliphatic heterocycles. The molecule has 1 heterocycles. The molecular formula is C21H20ClN5O3S. The maximum atomic E-state index is 13.2.